The quantitative estimate of drug-likeness (QED) is 0.512. The van der Waals surface area contributed by atoms with Gasteiger partial charge in [0.25, 0.3) is 0 Å². The molecule has 0 radical (unpaired) electrons. The predicted molar refractivity (Wildman–Crippen MR) is 131 cm³/mol. The lowest BCUT2D eigenvalue weighted by molar-refractivity contribution is -0.138. The van der Waals surface area contributed by atoms with Gasteiger partial charge in [0.2, 0.25) is 24.1 Å². The van der Waals surface area contributed by atoms with E-state index in [9.17, 15) is 19.2 Å². The number of carbonyl (C=O) groups excluding carboxylic acids is 4. The number of rotatable bonds is 6. The van der Waals surface area contributed by atoms with Crippen molar-refractivity contribution in [1.82, 2.24) is 10.2 Å². The molecule has 1 aliphatic carbocycles. The summed E-state index contributed by atoms with van der Waals surface area (Å²) in [7, 11) is 3.84. The smallest absolute Gasteiger partial charge is 0.249 e. The van der Waals surface area contributed by atoms with Crippen molar-refractivity contribution in [3.63, 3.8) is 0 Å². The normalized spacial score (nSPS) is 22.3. The average Bonchev–Trinajstić information content (AvgIpc) is 2.86. The van der Waals surface area contributed by atoms with Crippen molar-refractivity contribution in [1.29, 1.82) is 0 Å². The van der Waals surface area contributed by atoms with Crippen molar-refractivity contribution in [3.05, 3.63) is 23.8 Å². The first-order valence-corrected chi connectivity index (χ1v) is 12.6. The van der Waals surface area contributed by atoms with E-state index in [0.29, 0.717) is 30.3 Å². The SMILES string of the molecule is CN(C)c1cc(C2CCN(C(=O)C3CCCCC3)CC2)ccc1N(C=O)C1CCC(=O)NC1=O. The minimum Gasteiger partial charge on any atom is -0.376 e. The fourth-order valence-electron chi connectivity index (χ4n) is 5.66. The molecule has 4 amide bonds. The molecule has 0 bridgehead atoms. The van der Waals surface area contributed by atoms with Gasteiger partial charge in [-0.3, -0.25) is 24.5 Å². The monoisotopic (exact) mass is 468 g/mol. The van der Waals surface area contributed by atoms with Crippen molar-refractivity contribution in [2.45, 2.75) is 69.7 Å². The molecule has 3 fully saturated rings. The average molecular weight is 469 g/mol. The molecule has 8 heteroatoms. The minimum absolute atomic E-state index is 0.214. The van der Waals surface area contributed by atoms with Crippen LogP contribution in [-0.2, 0) is 19.2 Å². The van der Waals surface area contributed by atoms with Crippen LogP contribution in [0.5, 0.6) is 0 Å². The van der Waals surface area contributed by atoms with Gasteiger partial charge in [-0.1, -0.05) is 25.3 Å². The van der Waals surface area contributed by atoms with E-state index >= 15 is 0 Å². The fraction of sp³-hybridized carbons (Fsp3) is 0.615. The third kappa shape index (κ3) is 5.10. The Morgan fingerprint density at radius 1 is 1.00 bits per heavy atom. The van der Waals surface area contributed by atoms with E-state index in [4.69, 9.17) is 0 Å². The van der Waals surface area contributed by atoms with Gasteiger partial charge in [0.05, 0.1) is 11.4 Å². The molecule has 0 aromatic heterocycles. The second-order valence-electron chi connectivity index (χ2n) is 10.1. The van der Waals surface area contributed by atoms with Gasteiger partial charge in [0.1, 0.15) is 6.04 Å². The van der Waals surface area contributed by atoms with Crippen LogP contribution in [0.1, 0.15) is 69.3 Å². The largest absolute Gasteiger partial charge is 0.376 e. The molecule has 184 valence electrons. The van der Waals surface area contributed by atoms with E-state index in [2.05, 4.69) is 16.3 Å². The number of carbonyl (C=O) groups is 4. The summed E-state index contributed by atoms with van der Waals surface area (Å²) in [5.74, 6) is 0.166. The standard InChI is InChI=1S/C26H36N4O4/c1-28(2)23-16-20(8-9-21(23)30(17-31)22-10-11-24(32)27-25(22)33)18-12-14-29(15-13-18)26(34)19-6-4-3-5-7-19/h8-9,16-19,22H,3-7,10-15H2,1-2H3,(H,27,32,33). The third-order valence-electron chi connectivity index (χ3n) is 7.65. The van der Waals surface area contributed by atoms with E-state index in [1.54, 1.807) is 0 Å². The van der Waals surface area contributed by atoms with Crippen LogP contribution in [-0.4, -0.2) is 62.3 Å². The highest BCUT2D eigenvalue weighted by atomic mass is 16.2. The number of likely N-dealkylation sites (tertiary alicyclic amines) is 1. The maximum absolute atomic E-state index is 12.9. The molecule has 34 heavy (non-hydrogen) atoms. The Balaban J connectivity index is 1.47. The summed E-state index contributed by atoms with van der Waals surface area (Å²) in [4.78, 5) is 54.3. The number of piperidine rings is 2. The summed E-state index contributed by atoms with van der Waals surface area (Å²) in [5.41, 5.74) is 2.70. The van der Waals surface area contributed by atoms with Crippen LogP contribution in [0.3, 0.4) is 0 Å². The van der Waals surface area contributed by atoms with Gasteiger partial charge < -0.3 is 14.7 Å². The van der Waals surface area contributed by atoms with Crippen molar-refractivity contribution in [3.8, 4) is 0 Å². The Kier molecular flexibility index (Phi) is 7.54. The number of anilines is 2. The Morgan fingerprint density at radius 2 is 1.71 bits per heavy atom. The van der Waals surface area contributed by atoms with Gasteiger partial charge in [-0.25, -0.2) is 0 Å². The molecule has 2 saturated heterocycles. The predicted octanol–water partition coefficient (Wildman–Crippen LogP) is 2.81. The number of benzene rings is 1. The van der Waals surface area contributed by atoms with Crippen molar-refractivity contribution in [2.75, 3.05) is 37.0 Å². The van der Waals surface area contributed by atoms with Gasteiger partial charge in [-0.15, -0.1) is 0 Å². The summed E-state index contributed by atoms with van der Waals surface area (Å²) in [6.07, 6.45) is 8.72. The van der Waals surface area contributed by atoms with Gasteiger partial charge >= 0.3 is 0 Å². The molecule has 1 N–H and O–H groups in total. The van der Waals surface area contributed by atoms with Crippen molar-refractivity contribution < 1.29 is 19.2 Å². The maximum Gasteiger partial charge on any atom is 0.249 e. The van der Waals surface area contributed by atoms with Gasteiger partial charge in [0.15, 0.2) is 0 Å². The van der Waals surface area contributed by atoms with Gasteiger partial charge in [0, 0.05) is 39.5 Å². The fourth-order valence-corrected chi connectivity index (χ4v) is 5.66. The number of nitrogens with one attached hydrogen (secondary N) is 1. The first-order valence-electron chi connectivity index (χ1n) is 12.6. The zero-order valence-corrected chi connectivity index (χ0v) is 20.3. The molecule has 1 saturated carbocycles. The van der Waals surface area contributed by atoms with E-state index in [0.717, 1.165) is 44.5 Å². The number of amides is 4. The molecule has 2 aliphatic heterocycles. The van der Waals surface area contributed by atoms with E-state index in [1.807, 2.05) is 31.1 Å². The summed E-state index contributed by atoms with van der Waals surface area (Å²) in [6, 6.07) is 5.34. The Morgan fingerprint density at radius 3 is 2.32 bits per heavy atom. The minimum atomic E-state index is -0.700. The number of imide groups is 1. The van der Waals surface area contributed by atoms with Crippen LogP contribution < -0.4 is 15.1 Å². The van der Waals surface area contributed by atoms with E-state index in [1.165, 1.54) is 29.7 Å². The lowest BCUT2D eigenvalue weighted by Crippen LogP contribution is -2.52. The highest BCUT2D eigenvalue weighted by Crippen LogP contribution is 2.37. The van der Waals surface area contributed by atoms with Crippen molar-refractivity contribution in [2.24, 2.45) is 5.92 Å². The van der Waals surface area contributed by atoms with Crippen molar-refractivity contribution >= 4 is 35.5 Å². The summed E-state index contributed by atoms with van der Waals surface area (Å²) in [5, 5.41) is 2.34. The second kappa shape index (κ2) is 10.6. The van der Waals surface area contributed by atoms with Gasteiger partial charge in [-0.05, 0) is 55.7 Å². The maximum atomic E-state index is 12.9. The molecule has 1 aromatic carbocycles. The lowest BCUT2D eigenvalue weighted by atomic mass is 9.85. The molecule has 3 aliphatic rings. The molecule has 1 aromatic rings. The molecular formula is C26H36N4O4. The molecule has 0 spiro atoms. The Bertz CT molecular complexity index is 933. The third-order valence-corrected chi connectivity index (χ3v) is 7.65. The summed E-state index contributed by atoms with van der Waals surface area (Å²) in [6.45, 7) is 1.57. The highest BCUT2D eigenvalue weighted by molar-refractivity contribution is 6.04. The molecular weight excluding hydrogens is 432 g/mol. The second-order valence-corrected chi connectivity index (χ2v) is 10.1. The zero-order chi connectivity index (χ0) is 24.2. The Hall–Kier alpha value is -2.90. The summed E-state index contributed by atoms with van der Waals surface area (Å²) >= 11 is 0. The number of nitrogens with zero attached hydrogens (tertiary/aromatic N) is 3. The molecule has 1 unspecified atom stereocenters. The van der Waals surface area contributed by atoms with Crippen LogP contribution in [0.25, 0.3) is 0 Å². The van der Waals surface area contributed by atoms with Gasteiger partial charge in [-0.2, -0.15) is 0 Å². The molecule has 8 nitrogen and oxygen atoms in total. The van der Waals surface area contributed by atoms with E-state index < -0.39 is 11.9 Å². The number of hydrogen-bond acceptors (Lipinski definition) is 5. The summed E-state index contributed by atoms with van der Waals surface area (Å²) < 4.78 is 0. The van der Waals surface area contributed by atoms with Crippen LogP contribution >= 0.6 is 0 Å². The first kappa shape index (κ1) is 24.2. The first-order chi connectivity index (χ1) is 16.4. The number of hydrogen-bond donors (Lipinski definition) is 1. The lowest BCUT2D eigenvalue weighted by Gasteiger charge is -2.36. The van der Waals surface area contributed by atoms with Crippen LogP contribution in [0.2, 0.25) is 0 Å². The van der Waals surface area contributed by atoms with Crippen LogP contribution in [0, 0.1) is 5.92 Å². The molecule has 1 atom stereocenters. The van der Waals surface area contributed by atoms with Crippen LogP contribution in [0.15, 0.2) is 18.2 Å². The molecule has 4 rings (SSSR count). The topological polar surface area (TPSA) is 90.0 Å². The van der Waals surface area contributed by atoms with Crippen LogP contribution in [0.4, 0.5) is 11.4 Å². The zero-order valence-electron chi connectivity index (χ0n) is 20.3. The Labute approximate surface area is 201 Å². The van der Waals surface area contributed by atoms with E-state index in [-0.39, 0.29) is 18.2 Å². The highest BCUT2D eigenvalue weighted by Gasteiger charge is 2.34. The molecule has 2 heterocycles.